The van der Waals surface area contributed by atoms with Gasteiger partial charge in [0.2, 0.25) is 0 Å². The zero-order valence-corrected chi connectivity index (χ0v) is 12.8. The molecular formula is C12H9Cl2N3O3S. The van der Waals surface area contributed by atoms with Crippen molar-refractivity contribution < 1.29 is 13.2 Å². The van der Waals surface area contributed by atoms with Crippen molar-refractivity contribution in [2.45, 2.75) is 4.90 Å². The van der Waals surface area contributed by atoms with Crippen LogP contribution in [0.2, 0.25) is 10.3 Å². The number of hydrogen-bond donors (Lipinski definition) is 1. The summed E-state index contributed by atoms with van der Waals surface area (Å²) in [5, 5.41) is -0.0437. The minimum atomic E-state index is -3.92. The molecule has 0 unspecified atom stereocenters. The van der Waals surface area contributed by atoms with E-state index >= 15 is 0 Å². The van der Waals surface area contributed by atoms with E-state index in [1.54, 1.807) is 0 Å². The number of sulfone groups is 1. The average molecular weight is 346 g/mol. The van der Waals surface area contributed by atoms with Crippen molar-refractivity contribution in [2.24, 2.45) is 0 Å². The number of Topliss-reactive ketones (excluding diaryl/α,β-unsaturated/α-hetero) is 1. The van der Waals surface area contributed by atoms with Crippen molar-refractivity contribution in [3.05, 3.63) is 46.3 Å². The van der Waals surface area contributed by atoms with E-state index < -0.39 is 21.4 Å². The number of anilines is 1. The summed E-state index contributed by atoms with van der Waals surface area (Å²) in [7, 11) is -3.92. The number of halogens is 2. The standard InChI is InChI=1S/C12H9Cl2N3O3S/c13-10-4-3-7(11(14)17-10)8(18)6-21(19,20)9-2-1-5-16-12(9)15/h1-5H,6H2,(H2,15,16). The van der Waals surface area contributed by atoms with E-state index in [9.17, 15) is 13.2 Å². The Morgan fingerprint density at radius 2 is 1.95 bits per heavy atom. The summed E-state index contributed by atoms with van der Waals surface area (Å²) in [5.41, 5.74) is 5.49. The van der Waals surface area contributed by atoms with E-state index in [-0.39, 0.29) is 26.6 Å². The third-order valence-electron chi connectivity index (χ3n) is 2.57. The van der Waals surface area contributed by atoms with Crippen molar-refractivity contribution in [3.8, 4) is 0 Å². The molecule has 0 aliphatic carbocycles. The van der Waals surface area contributed by atoms with E-state index in [1.165, 1.54) is 30.5 Å². The molecule has 2 rings (SSSR count). The van der Waals surface area contributed by atoms with Crippen LogP contribution in [0.25, 0.3) is 0 Å². The maximum Gasteiger partial charge on any atom is 0.189 e. The Kier molecular flexibility index (Phi) is 4.46. The summed E-state index contributed by atoms with van der Waals surface area (Å²) in [4.78, 5) is 19.3. The number of nitrogens with two attached hydrogens (primary N) is 1. The number of carbonyl (C=O) groups excluding carboxylic acids is 1. The predicted octanol–water partition coefficient (Wildman–Crippen LogP) is 2.02. The van der Waals surface area contributed by atoms with Crippen molar-refractivity contribution >= 4 is 44.6 Å². The molecule has 110 valence electrons. The van der Waals surface area contributed by atoms with Gasteiger partial charge in [-0.15, -0.1) is 0 Å². The SMILES string of the molecule is Nc1ncccc1S(=O)(=O)CC(=O)c1ccc(Cl)nc1Cl. The number of hydrogen-bond acceptors (Lipinski definition) is 6. The topological polar surface area (TPSA) is 103 Å². The lowest BCUT2D eigenvalue weighted by Gasteiger charge is -2.07. The lowest BCUT2D eigenvalue weighted by atomic mass is 10.2. The maximum absolute atomic E-state index is 12.2. The predicted molar refractivity (Wildman–Crippen MR) is 79.3 cm³/mol. The van der Waals surface area contributed by atoms with E-state index in [0.717, 1.165) is 0 Å². The summed E-state index contributed by atoms with van der Waals surface area (Å²) in [6.07, 6.45) is 1.36. The summed E-state index contributed by atoms with van der Waals surface area (Å²) < 4.78 is 24.4. The lowest BCUT2D eigenvalue weighted by Crippen LogP contribution is -2.18. The Morgan fingerprint density at radius 3 is 2.57 bits per heavy atom. The lowest BCUT2D eigenvalue weighted by molar-refractivity contribution is 0.102. The molecule has 2 aromatic rings. The molecule has 0 bridgehead atoms. The first-order chi connectivity index (χ1) is 9.81. The van der Waals surface area contributed by atoms with Crippen LogP contribution < -0.4 is 5.73 Å². The molecule has 6 nitrogen and oxygen atoms in total. The maximum atomic E-state index is 12.2. The first-order valence-corrected chi connectivity index (χ1v) is 8.00. The number of aromatic nitrogens is 2. The molecule has 0 saturated heterocycles. The van der Waals surface area contributed by atoms with Gasteiger partial charge in [0.15, 0.2) is 15.6 Å². The summed E-state index contributed by atoms with van der Waals surface area (Å²) in [6, 6.07) is 5.38. The van der Waals surface area contributed by atoms with Crippen LogP contribution >= 0.6 is 23.2 Å². The van der Waals surface area contributed by atoms with Crippen molar-refractivity contribution in [3.63, 3.8) is 0 Å². The number of nitrogens with zero attached hydrogens (tertiary/aromatic N) is 2. The Morgan fingerprint density at radius 1 is 1.24 bits per heavy atom. The van der Waals surface area contributed by atoms with Gasteiger partial charge in [-0.2, -0.15) is 0 Å². The second-order valence-electron chi connectivity index (χ2n) is 4.04. The molecular weight excluding hydrogens is 337 g/mol. The van der Waals surface area contributed by atoms with Gasteiger partial charge in [0.25, 0.3) is 0 Å². The number of carbonyl (C=O) groups is 1. The van der Waals surface area contributed by atoms with Gasteiger partial charge in [0.05, 0.1) is 5.56 Å². The van der Waals surface area contributed by atoms with Gasteiger partial charge in [-0.1, -0.05) is 23.2 Å². The smallest absolute Gasteiger partial charge is 0.189 e. The van der Waals surface area contributed by atoms with Gasteiger partial charge in [-0.3, -0.25) is 4.79 Å². The normalized spacial score (nSPS) is 11.3. The molecule has 0 radical (unpaired) electrons. The fourth-order valence-corrected chi connectivity index (χ4v) is 3.38. The fourth-order valence-electron chi connectivity index (χ4n) is 1.61. The number of nitrogen functional groups attached to an aromatic ring is 1. The minimum absolute atomic E-state index is 0.0212. The van der Waals surface area contributed by atoms with Crippen molar-refractivity contribution in [1.82, 2.24) is 9.97 Å². The molecule has 0 spiro atoms. The monoisotopic (exact) mass is 345 g/mol. The van der Waals surface area contributed by atoms with E-state index in [1.807, 2.05) is 0 Å². The molecule has 0 saturated carbocycles. The Labute approximate surface area is 130 Å². The molecule has 2 aromatic heterocycles. The molecule has 0 aliphatic rings. The summed E-state index contributed by atoms with van der Waals surface area (Å²) in [5.74, 6) is -1.65. The van der Waals surface area contributed by atoms with Gasteiger partial charge in [-0.05, 0) is 24.3 Å². The van der Waals surface area contributed by atoms with Gasteiger partial charge in [-0.25, -0.2) is 18.4 Å². The van der Waals surface area contributed by atoms with Crippen LogP contribution in [0.1, 0.15) is 10.4 Å². The van der Waals surface area contributed by atoms with Gasteiger partial charge in [0, 0.05) is 6.20 Å². The fraction of sp³-hybridized carbons (Fsp3) is 0.0833. The van der Waals surface area contributed by atoms with Crippen LogP contribution in [0.3, 0.4) is 0 Å². The second kappa shape index (κ2) is 5.97. The first kappa shape index (κ1) is 15.7. The number of rotatable bonds is 4. The minimum Gasteiger partial charge on any atom is -0.383 e. The zero-order valence-electron chi connectivity index (χ0n) is 10.5. The second-order valence-corrected chi connectivity index (χ2v) is 6.74. The van der Waals surface area contributed by atoms with Crippen LogP contribution in [-0.4, -0.2) is 29.9 Å². The Hall–Kier alpha value is -1.70. The third-order valence-corrected chi connectivity index (χ3v) is 4.73. The molecule has 21 heavy (non-hydrogen) atoms. The van der Waals surface area contributed by atoms with Crippen LogP contribution in [0.15, 0.2) is 35.4 Å². The van der Waals surface area contributed by atoms with E-state index in [2.05, 4.69) is 9.97 Å². The van der Waals surface area contributed by atoms with Crippen LogP contribution in [-0.2, 0) is 9.84 Å². The highest BCUT2D eigenvalue weighted by Crippen LogP contribution is 2.21. The molecule has 0 aromatic carbocycles. The largest absolute Gasteiger partial charge is 0.383 e. The van der Waals surface area contributed by atoms with E-state index in [4.69, 9.17) is 28.9 Å². The summed E-state index contributed by atoms with van der Waals surface area (Å²) in [6.45, 7) is 0. The average Bonchev–Trinajstić information content (AvgIpc) is 2.38. The summed E-state index contributed by atoms with van der Waals surface area (Å²) >= 11 is 11.4. The molecule has 2 N–H and O–H groups in total. The first-order valence-electron chi connectivity index (χ1n) is 5.60. The Balaban J connectivity index is 2.33. The third kappa shape index (κ3) is 3.49. The van der Waals surface area contributed by atoms with E-state index in [0.29, 0.717) is 0 Å². The molecule has 0 atom stereocenters. The highest BCUT2D eigenvalue weighted by Gasteiger charge is 2.24. The molecule has 0 fully saturated rings. The van der Waals surface area contributed by atoms with Crippen molar-refractivity contribution in [1.29, 1.82) is 0 Å². The molecule has 0 aliphatic heterocycles. The van der Waals surface area contributed by atoms with Gasteiger partial charge < -0.3 is 5.73 Å². The highest BCUT2D eigenvalue weighted by molar-refractivity contribution is 7.92. The zero-order chi connectivity index (χ0) is 15.6. The molecule has 9 heteroatoms. The van der Waals surface area contributed by atoms with Crippen LogP contribution in [0.4, 0.5) is 5.82 Å². The molecule has 0 amide bonds. The number of pyridine rings is 2. The van der Waals surface area contributed by atoms with Crippen LogP contribution in [0, 0.1) is 0 Å². The van der Waals surface area contributed by atoms with Crippen molar-refractivity contribution in [2.75, 3.05) is 11.5 Å². The number of ketones is 1. The quantitative estimate of drug-likeness (QED) is 0.671. The van der Waals surface area contributed by atoms with Gasteiger partial charge >= 0.3 is 0 Å². The van der Waals surface area contributed by atoms with Crippen LogP contribution in [0.5, 0.6) is 0 Å². The Bertz CT molecular complexity index is 809. The highest BCUT2D eigenvalue weighted by atomic mass is 35.5. The molecule has 2 heterocycles. The van der Waals surface area contributed by atoms with Gasteiger partial charge in [0.1, 0.15) is 26.8 Å².